The SMILES string of the molecule is Cc1cc(NC(=O)c2ccccc2[N+](=O)[O-])nn1Cc1ccc(Cl)cc1Cl. The fourth-order valence-electron chi connectivity index (χ4n) is 2.55. The molecule has 3 rings (SSSR count). The first kappa shape index (κ1) is 18.9. The van der Waals surface area contributed by atoms with Crippen LogP contribution in [0.1, 0.15) is 21.6 Å². The van der Waals surface area contributed by atoms with E-state index in [1.807, 2.05) is 6.92 Å². The van der Waals surface area contributed by atoms with Crippen molar-refractivity contribution in [1.82, 2.24) is 9.78 Å². The molecular formula is C18H14Cl2N4O3. The predicted octanol–water partition coefficient (Wildman–Crippen LogP) is 4.71. The molecule has 2 aromatic carbocycles. The van der Waals surface area contributed by atoms with Crippen molar-refractivity contribution >= 4 is 40.6 Å². The summed E-state index contributed by atoms with van der Waals surface area (Å²) in [6, 6.07) is 12.6. The van der Waals surface area contributed by atoms with E-state index in [-0.39, 0.29) is 11.3 Å². The van der Waals surface area contributed by atoms with Gasteiger partial charge >= 0.3 is 0 Å². The Morgan fingerprint density at radius 2 is 1.96 bits per heavy atom. The lowest BCUT2D eigenvalue weighted by Gasteiger charge is -2.07. The first-order valence-corrected chi connectivity index (χ1v) is 8.64. The van der Waals surface area contributed by atoms with Crippen molar-refractivity contribution in [2.45, 2.75) is 13.5 Å². The Bertz CT molecular complexity index is 1030. The van der Waals surface area contributed by atoms with Gasteiger partial charge in [-0.3, -0.25) is 19.6 Å². The number of para-hydroxylation sites is 1. The molecule has 0 aliphatic rings. The fraction of sp³-hybridized carbons (Fsp3) is 0.111. The molecule has 27 heavy (non-hydrogen) atoms. The lowest BCUT2D eigenvalue weighted by molar-refractivity contribution is -0.385. The Labute approximate surface area is 164 Å². The van der Waals surface area contributed by atoms with Gasteiger partial charge in [-0.1, -0.05) is 41.4 Å². The van der Waals surface area contributed by atoms with Crippen LogP contribution in [0.5, 0.6) is 0 Å². The van der Waals surface area contributed by atoms with Gasteiger partial charge in [-0.15, -0.1) is 0 Å². The van der Waals surface area contributed by atoms with E-state index in [4.69, 9.17) is 23.2 Å². The number of aryl methyl sites for hydroxylation is 1. The van der Waals surface area contributed by atoms with Crippen molar-refractivity contribution in [1.29, 1.82) is 0 Å². The molecular weight excluding hydrogens is 391 g/mol. The van der Waals surface area contributed by atoms with Crippen LogP contribution in [0.2, 0.25) is 10.0 Å². The smallest absolute Gasteiger partial charge is 0.282 e. The number of nitrogens with zero attached hydrogens (tertiary/aromatic N) is 3. The summed E-state index contributed by atoms with van der Waals surface area (Å²) in [4.78, 5) is 22.9. The average molecular weight is 405 g/mol. The maximum absolute atomic E-state index is 12.4. The zero-order valence-corrected chi connectivity index (χ0v) is 15.7. The summed E-state index contributed by atoms with van der Waals surface area (Å²) >= 11 is 12.1. The van der Waals surface area contributed by atoms with Crippen LogP contribution in [-0.2, 0) is 6.54 Å². The molecule has 7 nitrogen and oxygen atoms in total. The van der Waals surface area contributed by atoms with Crippen LogP contribution >= 0.6 is 23.2 Å². The van der Waals surface area contributed by atoms with Crippen LogP contribution in [-0.4, -0.2) is 20.6 Å². The Kier molecular flexibility index (Phi) is 5.43. The molecule has 0 fully saturated rings. The van der Waals surface area contributed by atoms with Gasteiger partial charge in [0.2, 0.25) is 0 Å². The minimum atomic E-state index is -0.600. The second-order valence-corrected chi connectivity index (χ2v) is 6.64. The summed E-state index contributed by atoms with van der Waals surface area (Å²) in [5.41, 5.74) is 1.32. The van der Waals surface area contributed by atoms with Crippen LogP contribution in [0.15, 0.2) is 48.5 Å². The summed E-state index contributed by atoms with van der Waals surface area (Å²) in [5.74, 6) is -0.308. The molecule has 1 N–H and O–H groups in total. The molecule has 1 heterocycles. The summed E-state index contributed by atoms with van der Waals surface area (Å²) in [6.45, 7) is 2.22. The van der Waals surface area contributed by atoms with Crippen molar-refractivity contribution in [3.63, 3.8) is 0 Å². The third-order valence-electron chi connectivity index (χ3n) is 3.90. The third-order valence-corrected chi connectivity index (χ3v) is 4.49. The molecule has 0 spiro atoms. The number of carbonyl (C=O) groups is 1. The number of hydrogen-bond acceptors (Lipinski definition) is 4. The summed E-state index contributed by atoms with van der Waals surface area (Å²) in [6.07, 6.45) is 0. The predicted molar refractivity (Wildman–Crippen MR) is 104 cm³/mol. The molecule has 0 aliphatic heterocycles. The molecule has 0 atom stereocenters. The van der Waals surface area contributed by atoms with E-state index in [1.165, 1.54) is 18.2 Å². The van der Waals surface area contributed by atoms with Crippen molar-refractivity contribution in [3.8, 4) is 0 Å². The van der Waals surface area contributed by atoms with Gasteiger partial charge in [0, 0.05) is 27.9 Å². The Balaban J connectivity index is 1.81. The summed E-state index contributed by atoms with van der Waals surface area (Å²) in [5, 5.41) is 19.1. The van der Waals surface area contributed by atoms with Gasteiger partial charge < -0.3 is 5.32 Å². The molecule has 0 saturated carbocycles. The second-order valence-electron chi connectivity index (χ2n) is 5.79. The van der Waals surface area contributed by atoms with E-state index in [9.17, 15) is 14.9 Å². The Morgan fingerprint density at radius 1 is 1.22 bits per heavy atom. The van der Waals surface area contributed by atoms with E-state index in [2.05, 4.69) is 10.4 Å². The molecule has 0 saturated heterocycles. The van der Waals surface area contributed by atoms with Crippen LogP contribution in [0.4, 0.5) is 11.5 Å². The summed E-state index contributed by atoms with van der Waals surface area (Å²) in [7, 11) is 0. The molecule has 138 valence electrons. The largest absolute Gasteiger partial charge is 0.305 e. The fourth-order valence-corrected chi connectivity index (χ4v) is 3.02. The number of benzene rings is 2. The second kappa shape index (κ2) is 7.77. The number of nitro groups is 1. The van der Waals surface area contributed by atoms with Crippen LogP contribution in [0, 0.1) is 17.0 Å². The van der Waals surface area contributed by atoms with Crippen molar-refractivity contribution in [2.24, 2.45) is 0 Å². The Morgan fingerprint density at radius 3 is 2.67 bits per heavy atom. The number of amides is 1. The van der Waals surface area contributed by atoms with E-state index < -0.39 is 10.8 Å². The topological polar surface area (TPSA) is 90.1 Å². The summed E-state index contributed by atoms with van der Waals surface area (Å²) < 4.78 is 1.67. The highest BCUT2D eigenvalue weighted by molar-refractivity contribution is 6.35. The monoisotopic (exact) mass is 404 g/mol. The molecule has 0 unspecified atom stereocenters. The first-order chi connectivity index (χ1) is 12.8. The normalized spacial score (nSPS) is 10.6. The molecule has 9 heteroatoms. The lowest BCUT2D eigenvalue weighted by atomic mass is 10.1. The zero-order chi connectivity index (χ0) is 19.6. The first-order valence-electron chi connectivity index (χ1n) is 7.88. The number of halogens is 2. The van der Waals surface area contributed by atoms with Gasteiger partial charge in [0.15, 0.2) is 5.82 Å². The number of nitrogens with one attached hydrogen (secondary N) is 1. The van der Waals surface area contributed by atoms with Gasteiger partial charge in [0.25, 0.3) is 11.6 Å². The van der Waals surface area contributed by atoms with E-state index in [0.717, 1.165) is 11.3 Å². The number of nitro benzene ring substituents is 1. The maximum atomic E-state index is 12.4. The highest BCUT2D eigenvalue weighted by Crippen LogP contribution is 2.23. The number of carbonyl (C=O) groups excluding carboxylic acids is 1. The standard InChI is InChI=1S/C18H14Cl2N4O3/c1-11-8-17(21-18(25)14-4-2-3-5-16(14)24(26)27)22-23(11)10-12-6-7-13(19)9-15(12)20/h2-9H,10H2,1H3,(H,21,22,25). The third kappa shape index (κ3) is 4.27. The van der Waals surface area contributed by atoms with E-state index in [1.54, 1.807) is 35.0 Å². The van der Waals surface area contributed by atoms with Crippen LogP contribution in [0.25, 0.3) is 0 Å². The van der Waals surface area contributed by atoms with Crippen molar-refractivity contribution in [2.75, 3.05) is 5.32 Å². The highest BCUT2D eigenvalue weighted by atomic mass is 35.5. The molecule has 0 radical (unpaired) electrons. The van der Waals surface area contributed by atoms with Crippen LogP contribution < -0.4 is 5.32 Å². The zero-order valence-electron chi connectivity index (χ0n) is 14.1. The minimum absolute atomic E-state index is 0.0320. The van der Waals surface area contributed by atoms with Gasteiger partial charge in [0.05, 0.1) is 11.5 Å². The lowest BCUT2D eigenvalue weighted by Crippen LogP contribution is -2.14. The average Bonchev–Trinajstić information content (AvgIpc) is 2.96. The number of anilines is 1. The van der Waals surface area contributed by atoms with Gasteiger partial charge in [-0.2, -0.15) is 5.10 Å². The molecule has 1 aromatic heterocycles. The van der Waals surface area contributed by atoms with Crippen LogP contribution in [0.3, 0.4) is 0 Å². The minimum Gasteiger partial charge on any atom is -0.305 e. The van der Waals surface area contributed by atoms with Gasteiger partial charge in [0.1, 0.15) is 5.56 Å². The van der Waals surface area contributed by atoms with Gasteiger partial charge in [-0.05, 0) is 30.7 Å². The molecule has 3 aromatic rings. The quantitative estimate of drug-likeness (QED) is 0.492. The molecule has 0 aliphatic carbocycles. The number of aromatic nitrogens is 2. The highest BCUT2D eigenvalue weighted by Gasteiger charge is 2.20. The number of rotatable bonds is 5. The molecule has 0 bridgehead atoms. The maximum Gasteiger partial charge on any atom is 0.282 e. The van der Waals surface area contributed by atoms with Crippen molar-refractivity contribution in [3.05, 3.63) is 85.5 Å². The molecule has 1 amide bonds. The van der Waals surface area contributed by atoms with Crippen molar-refractivity contribution < 1.29 is 9.72 Å². The van der Waals surface area contributed by atoms with E-state index >= 15 is 0 Å². The Hall–Kier alpha value is -2.90. The van der Waals surface area contributed by atoms with E-state index in [0.29, 0.717) is 22.4 Å². The van der Waals surface area contributed by atoms with Gasteiger partial charge in [-0.25, -0.2) is 0 Å². The number of hydrogen-bond donors (Lipinski definition) is 1.